The summed E-state index contributed by atoms with van der Waals surface area (Å²) in [6, 6.07) is 40.0. The molecule has 0 amide bonds. The molecule has 6 rings (SSSR count). The first-order valence-electron chi connectivity index (χ1n) is 12.9. The van der Waals surface area contributed by atoms with E-state index >= 15 is 0 Å². The summed E-state index contributed by atoms with van der Waals surface area (Å²) < 4.78 is 0. The third kappa shape index (κ3) is 3.45. The van der Waals surface area contributed by atoms with Crippen LogP contribution in [-0.2, 0) is 5.41 Å². The fourth-order valence-corrected chi connectivity index (χ4v) is 6.08. The normalized spacial score (nSPS) is 13.9. The maximum Gasteiger partial charge on any atom is 0.0498 e. The smallest absolute Gasteiger partial charge is 0.0498 e. The molecule has 1 heteroatoms. The molecule has 0 bridgehead atoms. The van der Waals surface area contributed by atoms with Gasteiger partial charge in [-0.05, 0) is 77.6 Å². The van der Waals surface area contributed by atoms with E-state index in [9.17, 15) is 0 Å². The van der Waals surface area contributed by atoms with Gasteiger partial charge in [0.2, 0.25) is 0 Å². The van der Waals surface area contributed by atoms with Crippen LogP contribution < -0.4 is 4.90 Å². The van der Waals surface area contributed by atoms with E-state index in [0.717, 1.165) is 0 Å². The van der Waals surface area contributed by atoms with E-state index in [1.165, 1.54) is 55.5 Å². The van der Waals surface area contributed by atoms with Crippen molar-refractivity contribution in [3.63, 3.8) is 0 Å². The molecular weight excluding hydrogens is 434 g/mol. The first-order chi connectivity index (χ1) is 17.3. The van der Waals surface area contributed by atoms with E-state index < -0.39 is 0 Å². The van der Waals surface area contributed by atoms with Crippen LogP contribution in [0.3, 0.4) is 0 Å². The Morgan fingerprint density at radius 3 is 1.97 bits per heavy atom. The predicted molar refractivity (Wildman–Crippen MR) is 155 cm³/mol. The quantitative estimate of drug-likeness (QED) is 0.255. The number of nitrogens with zero attached hydrogens (tertiary/aromatic N) is 1. The van der Waals surface area contributed by atoms with E-state index in [1.54, 1.807) is 0 Å². The van der Waals surface area contributed by atoms with Crippen LogP contribution in [0.15, 0.2) is 109 Å². The predicted octanol–water partition coefficient (Wildman–Crippen LogP) is 9.75. The van der Waals surface area contributed by atoms with Gasteiger partial charge in [-0.25, -0.2) is 0 Å². The van der Waals surface area contributed by atoms with Gasteiger partial charge in [-0.15, -0.1) is 0 Å². The second-order valence-electron chi connectivity index (χ2n) is 11.5. The Kier molecular flexibility index (Phi) is 5.09. The highest BCUT2D eigenvalue weighted by Crippen LogP contribution is 2.53. The van der Waals surface area contributed by atoms with Crippen LogP contribution in [0.1, 0.15) is 45.7 Å². The topological polar surface area (TPSA) is 3.24 Å². The van der Waals surface area contributed by atoms with Crippen molar-refractivity contribution in [2.24, 2.45) is 0 Å². The molecule has 0 fully saturated rings. The lowest BCUT2D eigenvalue weighted by atomic mass is 9.82. The Morgan fingerprint density at radius 2 is 1.19 bits per heavy atom. The van der Waals surface area contributed by atoms with Crippen molar-refractivity contribution < 1.29 is 0 Å². The van der Waals surface area contributed by atoms with Gasteiger partial charge < -0.3 is 4.90 Å². The highest BCUT2D eigenvalue weighted by atomic mass is 15.2. The highest BCUT2D eigenvalue weighted by Gasteiger charge is 2.38. The lowest BCUT2D eigenvalue weighted by molar-refractivity contribution is 0.560. The summed E-state index contributed by atoms with van der Waals surface area (Å²) in [5, 5.41) is 2.57. The first-order valence-corrected chi connectivity index (χ1v) is 12.9. The molecular formula is C35H33N. The molecule has 0 aromatic heterocycles. The highest BCUT2D eigenvalue weighted by molar-refractivity contribution is 5.97. The van der Waals surface area contributed by atoms with Gasteiger partial charge >= 0.3 is 0 Å². The maximum atomic E-state index is 2.51. The summed E-state index contributed by atoms with van der Waals surface area (Å²) in [6.45, 7) is 11.6. The van der Waals surface area contributed by atoms with Crippen molar-refractivity contribution >= 4 is 22.1 Å². The van der Waals surface area contributed by atoms with E-state index in [1.807, 2.05) is 0 Å². The Balaban J connectivity index is 1.50. The van der Waals surface area contributed by atoms with Crippen LogP contribution in [0.4, 0.5) is 11.4 Å². The fourth-order valence-electron chi connectivity index (χ4n) is 6.08. The maximum absolute atomic E-state index is 2.51. The molecule has 0 radical (unpaired) electrons. The molecule has 0 saturated heterocycles. The summed E-state index contributed by atoms with van der Waals surface area (Å²) in [5.74, 6) is 0. The van der Waals surface area contributed by atoms with Crippen molar-refractivity contribution in [1.82, 2.24) is 0 Å². The fraction of sp³-hybridized carbons (Fsp3) is 0.200. The number of hydrogen-bond acceptors (Lipinski definition) is 1. The Morgan fingerprint density at radius 1 is 0.583 bits per heavy atom. The van der Waals surface area contributed by atoms with Gasteiger partial charge in [-0.3, -0.25) is 0 Å². The number of fused-ring (bicyclic) bond motifs is 4. The Labute approximate surface area is 215 Å². The first kappa shape index (κ1) is 22.6. The molecule has 0 N–H and O–H groups in total. The van der Waals surface area contributed by atoms with Gasteiger partial charge in [0.1, 0.15) is 0 Å². The zero-order valence-corrected chi connectivity index (χ0v) is 21.8. The zero-order valence-electron chi connectivity index (χ0n) is 21.8. The zero-order chi connectivity index (χ0) is 25.1. The van der Waals surface area contributed by atoms with Gasteiger partial charge in [0, 0.05) is 27.9 Å². The van der Waals surface area contributed by atoms with E-state index in [2.05, 4.69) is 149 Å². The third-order valence-corrected chi connectivity index (χ3v) is 7.72. The number of hydrogen-bond donors (Lipinski definition) is 0. The molecule has 0 aliphatic heterocycles. The van der Waals surface area contributed by atoms with Crippen molar-refractivity contribution in [1.29, 1.82) is 0 Å². The largest absolute Gasteiger partial charge is 0.336 e. The lowest BCUT2D eigenvalue weighted by Crippen LogP contribution is -2.38. The van der Waals surface area contributed by atoms with Crippen molar-refractivity contribution in [3.05, 3.63) is 120 Å². The molecule has 0 spiro atoms. The number of benzene rings is 5. The summed E-state index contributed by atoms with van der Waals surface area (Å²) >= 11 is 0. The SMILES string of the molecule is CC1(C)c2ccccc2-c2c(N(c3ccc(-c4cccc5ccccc45)cc3)C(C)(C)C)cccc21. The van der Waals surface area contributed by atoms with Crippen LogP contribution in [0, 0.1) is 0 Å². The van der Waals surface area contributed by atoms with Gasteiger partial charge in [0.05, 0.1) is 0 Å². The van der Waals surface area contributed by atoms with Gasteiger partial charge in [0.15, 0.2) is 0 Å². The Hall–Kier alpha value is -3.84. The molecule has 0 saturated carbocycles. The summed E-state index contributed by atoms with van der Waals surface area (Å²) in [7, 11) is 0. The standard InChI is InChI=1S/C35H33N/c1-34(2,3)36(32-19-11-18-31-33(32)29-15-8-9-17-30(29)35(31,4)5)26-22-20-25(21-23-26)28-16-10-13-24-12-6-7-14-27(24)28/h6-23H,1-5H3. The van der Waals surface area contributed by atoms with E-state index in [4.69, 9.17) is 0 Å². The third-order valence-electron chi connectivity index (χ3n) is 7.72. The molecule has 0 unspecified atom stereocenters. The van der Waals surface area contributed by atoms with Crippen LogP contribution in [-0.4, -0.2) is 5.54 Å². The van der Waals surface area contributed by atoms with Crippen LogP contribution in [0.5, 0.6) is 0 Å². The van der Waals surface area contributed by atoms with Crippen molar-refractivity contribution in [2.75, 3.05) is 4.90 Å². The molecule has 1 aliphatic carbocycles. The van der Waals surface area contributed by atoms with E-state index in [-0.39, 0.29) is 11.0 Å². The van der Waals surface area contributed by atoms with Gasteiger partial charge in [-0.1, -0.05) is 105 Å². The average Bonchev–Trinajstić information content (AvgIpc) is 3.11. The monoisotopic (exact) mass is 467 g/mol. The second-order valence-corrected chi connectivity index (χ2v) is 11.5. The number of rotatable bonds is 3. The van der Waals surface area contributed by atoms with Crippen LogP contribution in [0.25, 0.3) is 33.0 Å². The average molecular weight is 468 g/mol. The van der Waals surface area contributed by atoms with E-state index in [0.29, 0.717) is 0 Å². The molecule has 1 nitrogen and oxygen atoms in total. The molecule has 178 valence electrons. The van der Waals surface area contributed by atoms with Crippen LogP contribution >= 0.6 is 0 Å². The molecule has 0 atom stereocenters. The minimum absolute atomic E-state index is 0.0102. The Bertz CT molecular complexity index is 1580. The molecule has 0 heterocycles. The summed E-state index contributed by atoms with van der Waals surface area (Å²) in [4.78, 5) is 2.51. The molecule has 5 aromatic rings. The molecule has 5 aromatic carbocycles. The van der Waals surface area contributed by atoms with Crippen molar-refractivity contribution in [3.8, 4) is 22.3 Å². The molecule has 1 aliphatic rings. The summed E-state index contributed by atoms with van der Waals surface area (Å²) in [6.07, 6.45) is 0. The van der Waals surface area contributed by atoms with Crippen LogP contribution in [0.2, 0.25) is 0 Å². The van der Waals surface area contributed by atoms with Crippen molar-refractivity contribution in [2.45, 2.75) is 45.6 Å². The minimum Gasteiger partial charge on any atom is -0.336 e. The second kappa shape index (κ2) is 8.10. The summed E-state index contributed by atoms with van der Waals surface area (Å²) in [5.41, 5.74) is 10.4. The lowest BCUT2D eigenvalue weighted by Gasteiger charge is -2.39. The molecule has 36 heavy (non-hydrogen) atoms. The number of anilines is 2. The minimum atomic E-state index is -0.0994. The van der Waals surface area contributed by atoms with Gasteiger partial charge in [0.25, 0.3) is 0 Å². The van der Waals surface area contributed by atoms with Gasteiger partial charge in [-0.2, -0.15) is 0 Å².